The predicted molar refractivity (Wildman–Crippen MR) is 84.0 cm³/mol. The predicted octanol–water partition coefficient (Wildman–Crippen LogP) is 1.81. The number of halogens is 2. The Labute approximate surface area is 132 Å². The second kappa shape index (κ2) is 7.07. The molecule has 0 radical (unpaired) electrons. The molecule has 2 aliphatic heterocycles. The third-order valence-electron chi connectivity index (χ3n) is 5.27. The number of ether oxygens (including phenoxy) is 1. The van der Waals surface area contributed by atoms with E-state index in [1.54, 1.807) is 7.11 Å². The Morgan fingerprint density at radius 1 is 1.14 bits per heavy atom. The highest BCUT2D eigenvalue weighted by Crippen LogP contribution is 2.39. The summed E-state index contributed by atoms with van der Waals surface area (Å²) in [6.07, 6.45) is -2.44. The van der Waals surface area contributed by atoms with Gasteiger partial charge in [-0.05, 0) is 37.1 Å². The van der Waals surface area contributed by atoms with Gasteiger partial charge >= 0.3 is 0 Å². The molecule has 0 amide bonds. The third-order valence-corrected chi connectivity index (χ3v) is 5.27. The van der Waals surface area contributed by atoms with Gasteiger partial charge in [-0.3, -0.25) is 10.6 Å². The Kier molecular flexibility index (Phi) is 5.80. The average Bonchev–Trinajstić information content (AvgIpc) is 2.45. The van der Waals surface area contributed by atoms with E-state index in [1.165, 1.54) is 0 Å². The molecule has 2 aliphatic rings. The lowest BCUT2D eigenvalue weighted by atomic mass is 9.65. The molecule has 0 aromatic heterocycles. The van der Waals surface area contributed by atoms with E-state index < -0.39 is 12.6 Å². The van der Waals surface area contributed by atoms with Crippen LogP contribution in [0.15, 0.2) is 0 Å². The molecule has 2 fully saturated rings. The Bertz CT molecular complexity index is 362. The van der Waals surface area contributed by atoms with Gasteiger partial charge in [0.15, 0.2) is 0 Å². The average molecular weight is 319 g/mol. The zero-order chi connectivity index (χ0) is 16.5. The van der Waals surface area contributed by atoms with Gasteiger partial charge < -0.3 is 10.1 Å². The van der Waals surface area contributed by atoms with Crippen LogP contribution >= 0.6 is 0 Å². The van der Waals surface area contributed by atoms with Crippen LogP contribution in [0.5, 0.6) is 0 Å². The van der Waals surface area contributed by atoms with Crippen LogP contribution in [0.1, 0.15) is 34.1 Å². The number of methoxy groups -OCH3 is 1. The molecule has 4 nitrogen and oxygen atoms in total. The second-order valence-electron chi connectivity index (χ2n) is 7.87. The highest BCUT2D eigenvalue weighted by atomic mass is 19.3. The molecule has 6 unspecified atom stereocenters. The second-order valence-corrected chi connectivity index (χ2v) is 7.87. The maximum atomic E-state index is 13.1. The molecule has 0 spiro atoms. The molecule has 22 heavy (non-hydrogen) atoms. The van der Waals surface area contributed by atoms with E-state index in [-0.39, 0.29) is 17.6 Å². The van der Waals surface area contributed by atoms with E-state index in [2.05, 4.69) is 43.6 Å². The molecule has 0 saturated carbocycles. The molecule has 2 heterocycles. The summed E-state index contributed by atoms with van der Waals surface area (Å²) in [7, 11) is 1.67. The van der Waals surface area contributed by atoms with Crippen molar-refractivity contribution in [3.8, 4) is 0 Å². The summed E-state index contributed by atoms with van der Waals surface area (Å²) in [6, 6.07) is 0.363. The van der Waals surface area contributed by atoms with Crippen LogP contribution in [-0.4, -0.2) is 51.0 Å². The van der Waals surface area contributed by atoms with E-state index >= 15 is 0 Å². The molecule has 130 valence electrons. The molecule has 3 N–H and O–H groups in total. The Morgan fingerprint density at radius 2 is 1.82 bits per heavy atom. The van der Waals surface area contributed by atoms with Gasteiger partial charge in [0, 0.05) is 25.7 Å². The highest BCUT2D eigenvalue weighted by Gasteiger charge is 2.45. The Morgan fingerprint density at radius 3 is 2.36 bits per heavy atom. The maximum absolute atomic E-state index is 13.1. The van der Waals surface area contributed by atoms with Gasteiger partial charge in [0.2, 0.25) is 0 Å². The molecule has 2 saturated heterocycles. The van der Waals surface area contributed by atoms with Crippen molar-refractivity contribution in [2.24, 2.45) is 17.3 Å². The fourth-order valence-corrected chi connectivity index (χ4v) is 4.02. The number of alkyl halides is 2. The van der Waals surface area contributed by atoms with Crippen LogP contribution < -0.4 is 16.0 Å². The summed E-state index contributed by atoms with van der Waals surface area (Å²) in [6.45, 7) is 10.3. The summed E-state index contributed by atoms with van der Waals surface area (Å²) in [5.74, 6) is 0.750. The topological polar surface area (TPSA) is 45.3 Å². The molecule has 2 rings (SSSR count). The van der Waals surface area contributed by atoms with Crippen LogP contribution in [0, 0.1) is 17.3 Å². The zero-order valence-corrected chi connectivity index (χ0v) is 14.3. The third kappa shape index (κ3) is 3.96. The minimum atomic E-state index is -2.41. The Hall–Kier alpha value is -0.300. The van der Waals surface area contributed by atoms with Gasteiger partial charge in [0.05, 0.1) is 6.10 Å². The summed E-state index contributed by atoms with van der Waals surface area (Å²) in [5.41, 5.74) is 0.128. The molecule has 0 aromatic rings. The van der Waals surface area contributed by atoms with E-state index in [9.17, 15) is 8.78 Å². The molecular weight excluding hydrogens is 288 g/mol. The largest absolute Gasteiger partial charge is 0.378 e. The summed E-state index contributed by atoms with van der Waals surface area (Å²) < 4.78 is 31.8. The van der Waals surface area contributed by atoms with Crippen LogP contribution in [0.3, 0.4) is 0 Å². The van der Waals surface area contributed by atoms with Crippen molar-refractivity contribution in [1.29, 1.82) is 0 Å². The minimum Gasteiger partial charge on any atom is -0.378 e. The van der Waals surface area contributed by atoms with Gasteiger partial charge in [0.25, 0.3) is 6.43 Å². The van der Waals surface area contributed by atoms with Crippen LogP contribution in [0.25, 0.3) is 0 Å². The van der Waals surface area contributed by atoms with Crippen LogP contribution in [0.4, 0.5) is 8.78 Å². The smallest absolute Gasteiger partial charge is 0.266 e. The Balaban J connectivity index is 2.21. The van der Waals surface area contributed by atoms with Gasteiger partial charge in [0.1, 0.15) is 6.17 Å². The molecule has 6 heteroatoms. The lowest BCUT2D eigenvalue weighted by Gasteiger charge is -2.50. The molecular formula is C16H31F2N3O. The van der Waals surface area contributed by atoms with Crippen molar-refractivity contribution >= 4 is 0 Å². The first-order chi connectivity index (χ1) is 10.2. The number of nitrogens with one attached hydrogen (secondary N) is 3. The van der Waals surface area contributed by atoms with Crippen molar-refractivity contribution in [2.75, 3.05) is 20.2 Å². The standard InChI is InChI=1S/C16H31F2N3O/c1-9-6-10(11(7-19-9)16(2,3)4)13-12(22-5)8-20-15(21-13)14(17)18/h9-15,19-21H,6-8H2,1-5H3. The van der Waals surface area contributed by atoms with Gasteiger partial charge in [-0.25, -0.2) is 8.78 Å². The summed E-state index contributed by atoms with van der Waals surface area (Å²) >= 11 is 0. The van der Waals surface area contributed by atoms with Gasteiger partial charge in [-0.1, -0.05) is 20.8 Å². The number of hydrogen-bond donors (Lipinski definition) is 3. The normalized spacial score (nSPS) is 40.9. The number of rotatable bonds is 3. The SMILES string of the molecule is COC1CNC(C(F)F)NC1C1CC(C)NCC1C(C)(C)C. The monoisotopic (exact) mass is 319 g/mol. The zero-order valence-electron chi connectivity index (χ0n) is 14.3. The molecule has 0 bridgehead atoms. The van der Waals surface area contributed by atoms with Crippen LogP contribution in [-0.2, 0) is 4.74 Å². The number of piperidine rings is 1. The van der Waals surface area contributed by atoms with Gasteiger partial charge in [-0.2, -0.15) is 0 Å². The number of hydrogen-bond acceptors (Lipinski definition) is 4. The van der Waals surface area contributed by atoms with Crippen LogP contribution in [0.2, 0.25) is 0 Å². The molecule has 0 aromatic carbocycles. The van der Waals surface area contributed by atoms with E-state index in [4.69, 9.17) is 4.74 Å². The summed E-state index contributed by atoms with van der Waals surface area (Å²) in [4.78, 5) is 0. The van der Waals surface area contributed by atoms with Crippen molar-refractivity contribution in [2.45, 2.75) is 64.9 Å². The molecule has 6 atom stereocenters. The van der Waals surface area contributed by atoms with Crippen molar-refractivity contribution < 1.29 is 13.5 Å². The van der Waals surface area contributed by atoms with Gasteiger partial charge in [-0.15, -0.1) is 0 Å². The maximum Gasteiger partial charge on any atom is 0.266 e. The van der Waals surface area contributed by atoms with Crippen molar-refractivity contribution in [3.63, 3.8) is 0 Å². The van der Waals surface area contributed by atoms with E-state index in [0.29, 0.717) is 24.4 Å². The van der Waals surface area contributed by atoms with Crippen molar-refractivity contribution in [1.82, 2.24) is 16.0 Å². The van der Waals surface area contributed by atoms with Crippen molar-refractivity contribution in [3.05, 3.63) is 0 Å². The highest BCUT2D eigenvalue weighted by molar-refractivity contribution is 5.00. The lowest BCUT2D eigenvalue weighted by molar-refractivity contribution is -0.0471. The fourth-order valence-electron chi connectivity index (χ4n) is 4.02. The molecule has 0 aliphatic carbocycles. The minimum absolute atomic E-state index is 0.0426. The fraction of sp³-hybridized carbons (Fsp3) is 1.00. The van der Waals surface area contributed by atoms with E-state index in [0.717, 1.165) is 13.0 Å². The first kappa shape index (κ1) is 18.0. The lowest BCUT2D eigenvalue weighted by Crippen LogP contribution is -2.68. The quantitative estimate of drug-likeness (QED) is 0.742. The van der Waals surface area contributed by atoms with E-state index in [1.807, 2.05) is 0 Å². The first-order valence-electron chi connectivity index (χ1n) is 8.27. The first-order valence-corrected chi connectivity index (χ1v) is 8.27. The summed E-state index contributed by atoms with van der Waals surface area (Å²) in [5, 5.41) is 9.53.